The van der Waals surface area contributed by atoms with E-state index in [0.717, 1.165) is 0 Å². The van der Waals surface area contributed by atoms with E-state index in [0.29, 0.717) is 0 Å². The zero-order chi connectivity index (χ0) is 4.28. The third-order valence-corrected chi connectivity index (χ3v) is 0.463. The highest BCUT2D eigenvalue weighted by molar-refractivity contribution is 6.08. The lowest BCUT2D eigenvalue weighted by Gasteiger charge is -1.81. The van der Waals surface area contributed by atoms with E-state index in [-0.39, 0.29) is 6.04 Å². The van der Waals surface area contributed by atoms with E-state index in [4.69, 9.17) is 0 Å². The fraction of sp³-hybridized carbons (Fsp3) is 1.00. The summed E-state index contributed by atoms with van der Waals surface area (Å²) in [6.45, 7) is 0. The molecule has 0 bridgehead atoms. The minimum Gasteiger partial charge on any atom is -0.211 e. The molecule has 3 heteroatoms. The van der Waals surface area contributed by atoms with Crippen LogP contribution in [-0.4, -0.2) is 16.7 Å². The molecule has 0 nitrogen and oxygen atoms in total. The fourth-order valence-electron chi connectivity index (χ4n) is 0. The van der Waals surface area contributed by atoms with Crippen LogP contribution in [0.25, 0.3) is 0 Å². The lowest BCUT2D eigenvalue weighted by molar-refractivity contribution is 0.172. The van der Waals surface area contributed by atoms with Crippen molar-refractivity contribution in [1.29, 1.82) is 0 Å². The monoisotopic (exact) mass is 93.0 g/mol. The van der Waals surface area contributed by atoms with E-state index in [1.165, 1.54) is 0 Å². The van der Waals surface area contributed by atoms with E-state index in [2.05, 4.69) is 10.2 Å². The number of rotatable bonds is 1. The first-order valence-electron chi connectivity index (χ1n) is 1.20. The predicted molar refractivity (Wildman–Crippen MR) is 16.6 cm³/mol. The average molecular weight is 93.1 g/mol. The summed E-state index contributed by atoms with van der Waals surface area (Å²) in [4.78, 5) is 0. The van der Waals surface area contributed by atoms with Gasteiger partial charge in [0, 0.05) is 10.2 Å². The molecule has 0 heterocycles. The van der Waals surface area contributed by atoms with Crippen LogP contribution in [0.4, 0.5) is 8.78 Å². The molecule has 0 fully saturated rings. The Bertz CT molecular complexity index is 21.6. The Morgan fingerprint density at radius 2 is 1.80 bits per heavy atom. The Labute approximate surface area is 32.6 Å². The molecular formula is C2H3F2Si. The van der Waals surface area contributed by atoms with Crippen molar-refractivity contribution >= 4 is 10.2 Å². The van der Waals surface area contributed by atoms with Gasteiger partial charge in [-0.15, -0.1) is 0 Å². The predicted octanol–water partition coefficient (Wildman–Crippen LogP) is 0.838. The molecule has 0 aliphatic carbocycles. The first-order valence-corrected chi connectivity index (χ1v) is 1.91. The van der Waals surface area contributed by atoms with E-state index >= 15 is 0 Å². The summed E-state index contributed by atoms with van der Waals surface area (Å²) < 4.78 is 21.4. The third-order valence-electron chi connectivity index (χ3n) is 0.154. The van der Waals surface area contributed by atoms with E-state index in [1.54, 1.807) is 0 Å². The SMILES string of the molecule is FC(F)C[Si]. The highest BCUT2D eigenvalue weighted by Crippen LogP contribution is 1.92. The Morgan fingerprint density at radius 3 is 1.80 bits per heavy atom. The summed E-state index contributed by atoms with van der Waals surface area (Å²) in [6, 6.07) is -0.222. The maximum Gasteiger partial charge on any atom is 0.235 e. The Kier molecular flexibility index (Phi) is 2.36. The topological polar surface area (TPSA) is 0 Å². The van der Waals surface area contributed by atoms with Gasteiger partial charge in [0.05, 0.1) is 0 Å². The quantitative estimate of drug-likeness (QED) is 0.421. The summed E-state index contributed by atoms with van der Waals surface area (Å²) in [5.41, 5.74) is 0. The standard InChI is InChI=1S/C2H3F2Si/c3-2(4)1-5/h2H,1H2. The van der Waals surface area contributed by atoms with Crippen molar-refractivity contribution in [3.8, 4) is 0 Å². The molecule has 0 atom stereocenters. The number of alkyl halides is 2. The molecule has 0 aromatic carbocycles. The molecule has 0 saturated heterocycles. The van der Waals surface area contributed by atoms with Crippen LogP contribution in [0.2, 0.25) is 6.04 Å². The maximum atomic E-state index is 10.7. The maximum absolute atomic E-state index is 10.7. The molecular weight excluding hydrogens is 90.1 g/mol. The lowest BCUT2D eigenvalue weighted by Crippen LogP contribution is -1.83. The van der Waals surface area contributed by atoms with E-state index in [1.807, 2.05) is 0 Å². The zero-order valence-electron chi connectivity index (χ0n) is 2.54. The molecule has 0 aliphatic heterocycles. The van der Waals surface area contributed by atoms with Crippen molar-refractivity contribution in [2.24, 2.45) is 0 Å². The van der Waals surface area contributed by atoms with E-state index < -0.39 is 6.43 Å². The molecule has 0 N–H and O–H groups in total. The molecule has 0 spiro atoms. The van der Waals surface area contributed by atoms with Crippen molar-refractivity contribution in [2.45, 2.75) is 12.5 Å². The van der Waals surface area contributed by atoms with Crippen molar-refractivity contribution in [3.63, 3.8) is 0 Å². The van der Waals surface area contributed by atoms with Gasteiger partial charge >= 0.3 is 0 Å². The van der Waals surface area contributed by atoms with Gasteiger partial charge in [0.2, 0.25) is 6.43 Å². The molecule has 0 unspecified atom stereocenters. The Hall–Kier alpha value is 0.0769. The first kappa shape index (κ1) is 5.08. The highest BCUT2D eigenvalue weighted by atomic mass is 28.1. The van der Waals surface area contributed by atoms with Gasteiger partial charge in [-0.25, -0.2) is 8.78 Å². The first-order chi connectivity index (χ1) is 2.27. The van der Waals surface area contributed by atoms with Crippen LogP contribution >= 0.6 is 0 Å². The smallest absolute Gasteiger partial charge is 0.211 e. The average Bonchev–Trinajstić information content (AvgIpc) is 1.38. The van der Waals surface area contributed by atoms with Crippen LogP contribution < -0.4 is 0 Å². The molecule has 0 amide bonds. The summed E-state index contributed by atoms with van der Waals surface area (Å²) in [7, 11) is 2.60. The molecule has 29 valence electrons. The minimum atomic E-state index is -2.20. The van der Waals surface area contributed by atoms with Gasteiger partial charge in [-0.2, -0.15) is 0 Å². The molecule has 0 aliphatic rings. The largest absolute Gasteiger partial charge is 0.235 e. The van der Waals surface area contributed by atoms with Crippen LogP contribution in [0.15, 0.2) is 0 Å². The number of halogens is 2. The lowest BCUT2D eigenvalue weighted by atomic mass is 10.9. The zero-order valence-corrected chi connectivity index (χ0v) is 3.54. The second-order valence-electron chi connectivity index (χ2n) is 0.595. The third kappa shape index (κ3) is 4.08. The van der Waals surface area contributed by atoms with Crippen LogP contribution in [0.5, 0.6) is 0 Å². The van der Waals surface area contributed by atoms with Gasteiger partial charge in [0.1, 0.15) is 0 Å². The summed E-state index contributed by atoms with van der Waals surface area (Å²) >= 11 is 0. The highest BCUT2D eigenvalue weighted by Gasteiger charge is 1.91. The molecule has 0 aromatic heterocycles. The normalized spacial score (nSPS) is 9.60. The number of hydrogen-bond donors (Lipinski definition) is 0. The minimum absolute atomic E-state index is 0.222. The van der Waals surface area contributed by atoms with Crippen LogP contribution in [0.3, 0.4) is 0 Å². The molecule has 5 heavy (non-hydrogen) atoms. The van der Waals surface area contributed by atoms with Crippen molar-refractivity contribution in [3.05, 3.63) is 0 Å². The van der Waals surface area contributed by atoms with Crippen LogP contribution in [0.1, 0.15) is 0 Å². The summed E-state index contributed by atoms with van der Waals surface area (Å²) in [5, 5.41) is 0. The van der Waals surface area contributed by atoms with Gasteiger partial charge in [0.25, 0.3) is 0 Å². The van der Waals surface area contributed by atoms with Crippen molar-refractivity contribution in [1.82, 2.24) is 0 Å². The second kappa shape index (κ2) is 2.32. The molecule has 0 rings (SSSR count). The van der Waals surface area contributed by atoms with Crippen LogP contribution in [-0.2, 0) is 0 Å². The molecule has 0 aromatic rings. The Morgan fingerprint density at radius 1 is 1.60 bits per heavy atom. The molecule has 3 radical (unpaired) electrons. The summed E-state index contributed by atoms with van der Waals surface area (Å²) in [6.07, 6.45) is -2.20. The van der Waals surface area contributed by atoms with Crippen molar-refractivity contribution in [2.75, 3.05) is 0 Å². The fourth-order valence-corrected chi connectivity index (χ4v) is 0. The van der Waals surface area contributed by atoms with Gasteiger partial charge < -0.3 is 0 Å². The Balaban J connectivity index is 2.54. The number of hydrogen-bond acceptors (Lipinski definition) is 0. The molecule has 0 saturated carbocycles. The van der Waals surface area contributed by atoms with Gasteiger partial charge in [-0.05, 0) is 6.04 Å². The summed E-state index contributed by atoms with van der Waals surface area (Å²) in [5.74, 6) is 0. The van der Waals surface area contributed by atoms with Gasteiger partial charge in [-0.1, -0.05) is 0 Å². The van der Waals surface area contributed by atoms with Crippen molar-refractivity contribution < 1.29 is 8.78 Å². The van der Waals surface area contributed by atoms with E-state index in [9.17, 15) is 8.78 Å². The second-order valence-corrected chi connectivity index (χ2v) is 1.00. The van der Waals surface area contributed by atoms with Gasteiger partial charge in [0.15, 0.2) is 0 Å². The van der Waals surface area contributed by atoms with Gasteiger partial charge in [-0.3, -0.25) is 0 Å². The van der Waals surface area contributed by atoms with Crippen LogP contribution in [0, 0.1) is 0 Å².